The Morgan fingerprint density at radius 2 is 2.33 bits per heavy atom. The van der Waals surface area contributed by atoms with Crippen molar-refractivity contribution < 1.29 is 20.1 Å². The predicted octanol–water partition coefficient (Wildman–Crippen LogP) is -1.93. The van der Waals surface area contributed by atoms with Gasteiger partial charge in [0.2, 0.25) is 5.88 Å². The van der Waals surface area contributed by atoms with Crippen molar-refractivity contribution in [2.45, 2.75) is 24.9 Å². The van der Waals surface area contributed by atoms with Gasteiger partial charge in [-0.25, -0.2) is 15.2 Å². The van der Waals surface area contributed by atoms with E-state index >= 15 is 0 Å². The molecule has 3 heterocycles. The van der Waals surface area contributed by atoms with Gasteiger partial charge in [0.15, 0.2) is 5.82 Å². The Balaban J connectivity index is 1.90. The number of anilines is 2. The summed E-state index contributed by atoms with van der Waals surface area (Å²) in [6.45, 7) is 0.0278. The Hall–Kier alpha value is -2.09. The van der Waals surface area contributed by atoms with Gasteiger partial charge in [0.05, 0.1) is 19.4 Å². The van der Waals surface area contributed by atoms with E-state index in [1.807, 2.05) is 5.97 Å². The number of hydrogen-bond donors (Lipinski definition) is 3. The van der Waals surface area contributed by atoms with E-state index in [0.29, 0.717) is 24.6 Å². The summed E-state index contributed by atoms with van der Waals surface area (Å²) in [6, 6.07) is 0. The first-order valence-electron chi connectivity index (χ1n) is 6.52. The summed E-state index contributed by atoms with van der Waals surface area (Å²) in [7, 11) is 0.0726. The molecule has 2 aliphatic rings. The molecule has 1 aromatic rings. The van der Waals surface area contributed by atoms with Gasteiger partial charge in [0, 0.05) is 12.4 Å². The number of aromatic nitrogens is 2. The van der Waals surface area contributed by atoms with Crippen LogP contribution >= 0.6 is 0 Å². The van der Waals surface area contributed by atoms with Crippen LogP contribution in [0.15, 0.2) is 6.33 Å². The fraction of sp³-hybridized carbons (Fsp3) is 0.545. The lowest BCUT2D eigenvalue weighted by molar-refractivity contribution is -0.0219. The van der Waals surface area contributed by atoms with E-state index in [2.05, 4.69) is 9.97 Å². The van der Waals surface area contributed by atoms with E-state index in [0.717, 1.165) is 0 Å². The Labute approximate surface area is 121 Å². The van der Waals surface area contributed by atoms with Crippen molar-refractivity contribution in [1.82, 2.24) is 9.97 Å². The number of rotatable bonds is 3. The van der Waals surface area contributed by atoms with Crippen LogP contribution in [0.25, 0.3) is 0 Å². The van der Waals surface area contributed by atoms with Gasteiger partial charge < -0.3 is 29.8 Å². The van der Waals surface area contributed by atoms with Crippen LogP contribution in [0.2, 0.25) is 0 Å². The van der Waals surface area contributed by atoms with Gasteiger partial charge in [0.25, 0.3) is 0 Å². The van der Waals surface area contributed by atoms with Crippen molar-refractivity contribution in [1.29, 1.82) is 5.26 Å². The first-order chi connectivity index (χ1) is 10.2. The summed E-state index contributed by atoms with van der Waals surface area (Å²) in [6.07, 6.45) is -0.335. The lowest BCUT2D eigenvalue weighted by Crippen LogP contribution is -2.40. The molecule has 0 aromatic carbocycles. The second-order valence-electron chi connectivity index (χ2n) is 4.95. The monoisotopic (exact) mass is 291 g/mol. The largest absolute Gasteiger partial charge is 0.492 e. The van der Waals surface area contributed by atoms with Gasteiger partial charge in [-0.15, -0.1) is 0 Å². The molecule has 0 unspecified atom stereocenters. The Morgan fingerprint density at radius 1 is 1.52 bits per heavy atom. The molecule has 0 radical (unpaired) electrons. The van der Waals surface area contributed by atoms with Gasteiger partial charge in [-0.05, 0) is 0 Å². The molecule has 3 rings (SSSR count). The zero-order valence-electron chi connectivity index (χ0n) is 11.1. The number of nitriles is 1. The highest BCUT2D eigenvalue weighted by molar-refractivity contribution is 6.51. The average molecular weight is 291 g/mol. The minimum absolute atomic E-state index is 0.0726. The number of aliphatic hydroxyl groups is 2. The van der Waals surface area contributed by atoms with Crippen molar-refractivity contribution in [3.8, 4) is 11.8 Å². The van der Waals surface area contributed by atoms with Crippen molar-refractivity contribution in [2.24, 2.45) is 0 Å². The number of aromatic hydroxyl groups is 1. The summed E-state index contributed by atoms with van der Waals surface area (Å²) in [5.41, 5.74) is 0.379. The van der Waals surface area contributed by atoms with Crippen LogP contribution < -0.4 is 9.71 Å². The van der Waals surface area contributed by atoms with Gasteiger partial charge in [-0.1, -0.05) is 0 Å². The van der Waals surface area contributed by atoms with Crippen molar-refractivity contribution >= 4 is 18.9 Å². The van der Waals surface area contributed by atoms with E-state index in [1.165, 1.54) is 6.33 Å². The van der Waals surface area contributed by atoms with Gasteiger partial charge in [-0.3, -0.25) is 0 Å². The summed E-state index contributed by atoms with van der Waals surface area (Å²) < 4.78 is 5.60. The van der Waals surface area contributed by atoms with Crippen LogP contribution in [0.5, 0.6) is 5.88 Å². The molecule has 9 nitrogen and oxygen atoms in total. The van der Waals surface area contributed by atoms with E-state index in [1.54, 1.807) is 9.71 Å². The van der Waals surface area contributed by atoms with Crippen LogP contribution in [0.3, 0.4) is 0 Å². The maximum atomic E-state index is 9.88. The third-order valence-electron chi connectivity index (χ3n) is 3.69. The van der Waals surface area contributed by atoms with Crippen LogP contribution in [0.4, 0.5) is 11.5 Å². The second-order valence-corrected chi connectivity index (χ2v) is 4.95. The molecule has 0 bridgehead atoms. The lowest BCUT2D eigenvalue weighted by atomic mass is 9.95. The average Bonchev–Trinajstić information content (AvgIpc) is 3.01. The van der Waals surface area contributed by atoms with E-state index in [9.17, 15) is 10.2 Å². The molecule has 10 heteroatoms. The van der Waals surface area contributed by atoms with Crippen LogP contribution in [0.1, 0.15) is 6.42 Å². The van der Waals surface area contributed by atoms with Gasteiger partial charge >= 0.3 is 7.41 Å². The van der Waals surface area contributed by atoms with Crippen molar-refractivity contribution in [2.75, 3.05) is 23.0 Å². The Morgan fingerprint density at radius 3 is 3.00 bits per heavy atom. The summed E-state index contributed by atoms with van der Waals surface area (Å²) in [4.78, 5) is 11.2. The van der Waals surface area contributed by atoms with E-state index < -0.39 is 18.4 Å². The maximum absolute atomic E-state index is 9.88. The topological polar surface area (TPSA) is 126 Å². The number of hydrogen-bond acceptors (Lipinski definition) is 9. The fourth-order valence-electron chi connectivity index (χ4n) is 2.69. The number of aliphatic hydroxyl groups excluding tert-OH is 2. The Bertz CT molecular complexity index is 582. The normalized spacial score (nSPS) is 27.6. The SMILES string of the molecule is N#CBN1CN([C@H]2C[C@H](O)[C@@H](CO)O2)c2ncnc(O)c21. The van der Waals surface area contributed by atoms with E-state index in [4.69, 9.17) is 15.1 Å². The predicted molar refractivity (Wildman–Crippen MR) is 72.7 cm³/mol. The quantitative estimate of drug-likeness (QED) is 0.545. The second kappa shape index (κ2) is 5.36. The molecule has 1 aromatic heterocycles. The minimum Gasteiger partial charge on any atom is -0.492 e. The highest BCUT2D eigenvalue weighted by Crippen LogP contribution is 2.41. The Kier molecular flexibility index (Phi) is 3.54. The van der Waals surface area contributed by atoms with Crippen LogP contribution in [0, 0.1) is 11.2 Å². The third kappa shape index (κ3) is 2.25. The van der Waals surface area contributed by atoms with Crippen LogP contribution in [-0.2, 0) is 4.74 Å². The molecular formula is C11H14BN5O4. The number of nitrogens with zero attached hydrogens (tertiary/aromatic N) is 5. The minimum atomic E-state index is -0.760. The molecule has 0 spiro atoms. The van der Waals surface area contributed by atoms with E-state index in [-0.39, 0.29) is 19.9 Å². The smallest absolute Gasteiger partial charge is 0.362 e. The number of ether oxygens (including phenoxy) is 1. The molecule has 1 fully saturated rings. The molecule has 0 aliphatic carbocycles. The molecule has 3 atom stereocenters. The van der Waals surface area contributed by atoms with Crippen LogP contribution in [-0.4, -0.2) is 64.4 Å². The molecule has 0 saturated carbocycles. The highest BCUT2D eigenvalue weighted by Gasteiger charge is 2.42. The summed E-state index contributed by atoms with van der Waals surface area (Å²) in [5, 5.41) is 37.7. The fourth-order valence-corrected chi connectivity index (χ4v) is 2.69. The highest BCUT2D eigenvalue weighted by atomic mass is 16.5. The number of fused-ring (bicyclic) bond motifs is 1. The summed E-state index contributed by atoms with van der Waals surface area (Å²) >= 11 is 0. The zero-order valence-corrected chi connectivity index (χ0v) is 11.1. The molecule has 1 saturated heterocycles. The molecule has 2 aliphatic heterocycles. The lowest BCUT2D eigenvalue weighted by Gasteiger charge is -2.25. The summed E-state index contributed by atoms with van der Waals surface area (Å²) in [5.74, 6) is 2.27. The molecule has 0 amide bonds. The van der Waals surface area contributed by atoms with Gasteiger partial charge in [0.1, 0.15) is 24.3 Å². The maximum Gasteiger partial charge on any atom is 0.362 e. The molecule has 21 heavy (non-hydrogen) atoms. The standard InChI is InChI=1S/C11H14BN5O4/c13-3-12-17-5-16(8-1-6(19)7(2-18)21-8)10-9(17)11(20)15-4-14-10/h4,6-8,12,18-19H,1-2,5H2,(H,14,15,20)/t6-,7+,8+/m0/s1. The van der Waals surface area contributed by atoms with Crippen molar-refractivity contribution in [3.05, 3.63) is 6.33 Å². The first kappa shape index (κ1) is 13.9. The first-order valence-corrected chi connectivity index (χ1v) is 6.52. The molecular weight excluding hydrogens is 277 g/mol. The molecule has 110 valence electrons. The molecule has 3 N–H and O–H groups in total. The third-order valence-corrected chi connectivity index (χ3v) is 3.69. The zero-order chi connectivity index (χ0) is 15.0. The van der Waals surface area contributed by atoms with Gasteiger partial charge in [-0.2, -0.15) is 0 Å². The van der Waals surface area contributed by atoms with Crippen molar-refractivity contribution in [3.63, 3.8) is 0 Å².